The largest absolute Gasteiger partial charge is 0.0619 e. The quantitative estimate of drug-likeness (QED) is 0.129. The molecule has 0 fully saturated rings. The van der Waals surface area contributed by atoms with Gasteiger partial charge in [0.2, 0.25) is 0 Å². The smallest absolute Gasteiger partial charge is 0.0159 e. The summed E-state index contributed by atoms with van der Waals surface area (Å²) >= 11 is 0. The lowest BCUT2D eigenvalue weighted by atomic mass is 9.78. The van der Waals surface area contributed by atoms with Crippen LogP contribution in [0.2, 0.25) is 0 Å². The van der Waals surface area contributed by atoms with E-state index in [9.17, 15) is 0 Å². The van der Waals surface area contributed by atoms with Crippen molar-refractivity contribution < 1.29 is 0 Å². The molecular weight excluding hydrogens is 613 g/mol. The molecular formula is C51H34. The lowest BCUT2D eigenvalue weighted by molar-refractivity contribution is 0.661. The molecule has 0 nitrogen and oxygen atoms in total. The average Bonchev–Trinajstić information content (AvgIpc) is 3.41. The highest BCUT2D eigenvalue weighted by atomic mass is 14.4. The molecule has 1 aliphatic carbocycles. The molecule has 11 rings (SSSR count). The van der Waals surface area contributed by atoms with Gasteiger partial charge in [0.05, 0.1) is 0 Å². The molecule has 1 aliphatic rings. The summed E-state index contributed by atoms with van der Waals surface area (Å²) in [4.78, 5) is 0. The maximum Gasteiger partial charge on any atom is 0.0159 e. The topological polar surface area (TPSA) is 0 Å². The van der Waals surface area contributed by atoms with Gasteiger partial charge in [0, 0.05) is 5.41 Å². The van der Waals surface area contributed by atoms with E-state index in [1.807, 2.05) is 0 Å². The molecule has 10 aromatic carbocycles. The first kappa shape index (κ1) is 28.6. The summed E-state index contributed by atoms with van der Waals surface area (Å²) in [6.07, 6.45) is 0. The number of hydrogen-bond donors (Lipinski definition) is 0. The molecule has 51 heavy (non-hydrogen) atoms. The Hall–Kier alpha value is -6.24. The Morgan fingerprint density at radius 3 is 1.45 bits per heavy atom. The van der Waals surface area contributed by atoms with Crippen molar-refractivity contribution in [1.82, 2.24) is 0 Å². The van der Waals surface area contributed by atoms with Gasteiger partial charge in [0.25, 0.3) is 0 Å². The average molecular weight is 647 g/mol. The summed E-state index contributed by atoms with van der Waals surface area (Å²) in [5.74, 6) is 0. The van der Waals surface area contributed by atoms with Crippen molar-refractivity contribution in [3.05, 3.63) is 181 Å². The first-order chi connectivity index (χ1) is 25.1. The van der Waals surface area contributed by atoms with E-state index in [2.05, 4.69) is 184 Å². The normalized spacial score (nSPS) is 13.5. The lowest BCUT2D eigenvalue weighted by Gasteiger charge is -2.24. The van der Waals surface area contributed by atoms with Crippen molar-refractivity contribution in [3.63, 3.8) is 0 Å². The fraction of sp³-hybridized carbons (Fsp3) is 0.0588. The van der Waals surface area contributed by atoms with Crippen LogP contribution in [0.15, 0.2) is 170 Å². The molecule has 0 saturated heterocycles. The summed E-state index contributed by atoms with van der Waals surface area (Å²) in [5, 5.41) is 15.5. The number of hydrogen-bond acceptors (Lipinski definition) is 0. The van der Waals surface area contributed by atoms with Crippen LogP contribution < -0.4 is 0 Å². The fourth-order valence-electron chi connectivity index (χ4n) is 9.47. The van der Waals surface area contributed by atoms with Crippen LogP contribution in [0.1, 0.15) is 25.0 Å². The Kier molecular flexibility index (Phi) is 5.82. The van der Waals surface area contributed by atoms with Crippen LogP contribution in [-0.2, 0) is 5.41 Å². The highest BCUT2D eigenvalue weighted by molar-refractivity contribution is 6.27. The Morgan fingerprint density at radius 2 is 0.765 bits per heavy atom. The molecule has 0 aliphatic heterocycles. The van der Waals surface area contributed by atoms with Gasteiger partial charge in [-0.25, -0.2) is 0 Å². The van der Waals surface area contributed by atoms with Crippen LogP contribution in [0.3, 0.4) is 0 Å². The van der Waals surface area contributed by atoms with Gasteiger partial charge in [-0.15, -0.1) is 0 Å². The van der Waals surface area contributed by atoms with E-state index in [1.54, 1.807) is 0 Å². The van der Waals surface area contributed by atoms with Gasteiger partial charge >= 0.3 is 0 Å². The Morgan fingerprint density at radius 1 is 0.275 bits per heavy atom. The second-order valence-corrected chi connectivity index (χ2v) is 14.8. The molecule has 0 heteroatoms. The first-order valence-electron chi connectivity index (χ1n) is 18.0. The summed E-state index contributed by atoms with van der Waals surface area (Å²) in [6, 6.07) is 63.7. The van der Waals surface area contributed by atoms with E-state index in [1.165, 1.54) is 109 Å². The van der Waals surface area contributed by atoms with Gasteiger partial charge in [-0.1, -0.05) is 166 Å². The van der Waals surface area contributed by atoms with Crippen LogP contribution in [0.4, 0.5) is 0 Å². The van der Waals surface area contributed by atoms with Gasteiger partial charge < -0.3 is 0 Å². The minimum atomic E-state index is -0.104. The Balaban J connectivity index is 1.25. The molecule has 0 atom stereocenters. The molecule has 0 amide bonds. The zero-order valence-electron chi connectivity index (χ0n) is 28.7. The molecule has 10 aromatic rings. The Labute approximate surface area is 297 Å². The monoisotopic (exact) mass is 646 g/mol. The van der Waals surface area contributed by atoms with Crippen molar-refractivity contribution in [3.8, 4) is 33.4 Å². The second-order valence-electron chi connectivity index (χ2n) is 14.8. The van der Waals surface area contributed by atoms with Crippen molar-refractivity contribution in [2.24, 2.45) is 0 Å². The summed E-state index contributed by atoms with van der Waals surface area (Å²) in [6.45, 7) is 4.78. The summed E-state index contributed by atoms with van der Waals surface area (Å²) in [5.41, 5.74) is 10.6. The maximum atomic E-state index is 2.53. The minimum Gasteiger partial charge on any atom is -0.0619 e. The molecule has 0 saturated carbocycles. The van der Waals surface area contributed by atoms with Gasteiger partial charge in [-0.05, 0) is 127 Å². The van der Waals surface area contributed by atoms with E-state index in [0.717, 1.165) is 0 Å². The molecule has 0 N–H and O–H groups in total. The van der Waals surface area contributed by atoms with E-state index in [4.69, 9.17) is 0 Å². The van der Waals surface area contributed by atoms with Gasteiger partial charge in [0.15, 0.2) is 0 Å². The van der Waals surface area contributed by atoms with Crippen LogP contribution in [0.25, 0.3) is 98.0 Å². The van der Waals surface area contributed by atoms with Crippen molar-refractivity contribution in [1.29, 1.82) is 0 Å². The van der Waals surface area contributed by atoms with Crippen LogP contribution in [-0.4, -0.2) is 0 Å². The van der Waals surface area contributed by atoms with E-state index < -0.39 is 0 Å². The third kappa shape index (κ3) is 3.91. The van der Waals surface area contributed by atoms with Gasteiger partial charge in [-0.2, -0.15) is 0 Å². The second kappa shape index (κ2) is 10.4. The van der Waals surface area contributed by atoms with E-state index >= 15 is 0 Å². The van der Waals surface area contributed by atoms with Gasteiger partial charge in [-0.3, -0.25) is 0 Å². The summed E-state index contributed by atoms with van der Waals surface area (Å²) < 4.78 is 0. The third-order valence-electron chi connectivity index (χ3n) is 11.8. The van der Waals surface area contributed by atoms with Crippen LogP contribution in [0.5, 0.6) is 0 Å². The molecule has 0 bridgehead atoms. The minimum absolute atomic E-state index is 0.104. The first-order valence-corrected chi connectivity index (χ1v) is 18.0. The molecule has 238 valence electrons. The molecule has 0 aromatic heterocycles. The van der Waals surface area contributed by atoms with Gasteiger partial charge in [0.1, 0.15) is 0 Å². The molecule has 0 heterocycles. The summed E-state index contributed by atoms with van der Waals surface area (Å²) in [7, 11) is 0. The van der Waals surface area contributed by atoms with E-state index in [-0.39, 0.29) is 5.41 Å². The van der Waals surface area contributed by atoms with Crippen molar-refractivity contribution >= 4 is 64.6 Å². The van der Waals surface area contributed by atoms with Crippen LogP contribution in [0, 0.1) is 0 Å². The number of fused-ring (bicyclic) bond motifs is 11. The Bertz CT molecular complexity index is 3050. The molecule has 0 spiro atoms. The van der Waals surface area contributed by atoms with Crippen molar-refractivity contribution in [2.75, 3.05) is 0 Å². The molecule has 0 radical (unpaired) electrons. The fourth-order valence-corrected chi connectivity index (χ4v) is 9.47. The number of benzene rings is 10. The van der Waals surface area contributed by atoms with E-state index in [0.29, 0.717) is 0 Å². The SMILES string of the molecule is CC1(C)c2ccccc2-c2c1cc(-c1c3ccccc3c(-c3cccc4c3ccc3cc5ccccc5cc34)c3ccccc13)c1ccccc21. The maximum absolute atomic E-state index is 2.53. The van der Waals surface area contributed by atoms with Crippen molar-refractivity contribution in [2.45, 2.75) is 19.3 Å². The zero-order valence-corrected chi connectivity index (χ0v) is 28.7. The standard InChI is InChI=1S/C51H34/c1-51(2)46-25-12-11-22-43(46)50-38-17-6-5-16-35(38)45(30-47(50)51)49-41-20-9-7-18-39(41)48(40-19-8-10-21-42(40)49)37-24-13-23-34-36(37)27-26-33-28-31-14-3-4-15-32(31)29-44(33)34/h3-30H,1-2H3. The predicted octanol–water partition coefficient (Wildman–Crippen LogP) is 14.2. The zero-order chi connectivity index (χ0) is 33.8. The highest BCUT2D eigenvalue weighted by Crippen LogP contribution is 2.55. The molecule has 0 unspecified atom stereocenters. The third-order valence-corrected chi connectivity index (χ3v) is 11.8. The van der Waals surface area contributed by atoms with Crippen LogP contribution >= 0.6 is 0 Å². The highest BCUT2D eigenvalue weighted by Gasteiger charge is 2.37. The lowest BCUT2D eigenvalue weighted by Crippen LogP contribution is -2.15. The predicted molar refractivity (Wildman–Crippen MR) is 220 cm³/mol. The number of rotatable bonds is 2.